The van der Waals surface area contributed by atoms with E-state index >= 15 is 0 Å². The molecular formula is C11H16NO3P. The summed E-state index contributed by atoms with van der Waals surface area (Å²) in [5.74, 6) is -0.232. The van der Waals surface area contributed by atoms with Crippen LogP contribution >= 0.6 is 8.81 Å². The zero-order valence-electron chi connectivity index (χ0n) is 9.05. The van der Waals surface area contributed by atoms with Crippen molar-refractivity contribution in [2.75, 3.05) is 11.9 Å². The molecule has 4 nitrogen and oxygen atoms in total. The highest BCUT2D eigenvalue weighted by molar-refractivity contribution is 7.33. The summed E-state index contributed by atoms with van der Waals surface area (Å²) in [6, 6.07) is 7.85. The van der Waals surface area contributed by atoms with Crippen LogP contribution in [0.15, 0.2) is 24.3 Å². The van der Waals surface area contributed by atoms with Gasteiger partial charge in [-0.05, 0) is 18.6 Å². The van der Waals surface area contributed by atoms with Gasteiger partial charge in [-0.15, -0.1) is 0 Å². The molecule has 5 heteroatoms. The zero-order chi connectivity index (χ0) is 11.5. The van der Waals surface area contributed by atoms with Crippen LogP contribution in [0.3, 0.4) is 0 Å². The Bertz CT molecular complexity index is 361. The monoisotopic (exact) mass is 241 g/mol. The molecule has 1 aromatic rings. The second-order valence-electron chi connectivity index (χ2n) is 3.92. The number of para-hydroxylation sites is 1. The molecule has 1 heterocycles. The highest BCUT2D eigenvalue weighted by atomic mass is 31.1. The SMILES string of the molecule is Cc1ccccc1NC1POCC(O)C1O. The molecular weight excluding hydrogens is 225 g/mol. The number of nitrogens with one attached hydrogen (secondary N) is 1. The van der Waals surface area contributed by atoms with E-state index in [9.17, 15) is 10.2 Å². The summed E-state index contributed by atoms with van der Waals surface area (Å²) in [4.78, 5) is 0. The summed E-state index contributed by atoms with van der Waals surface area (Å²) in [5.41, 5.74) is 2.08. The number of hydrogen-bond acceptors (Lipinski definition) is 4. The van der Waals surface area contributed by atoms with E-state index in [4.69, 9.17) is 4.52 Å². The van der Waals surface area contributed by atoms with Gasteiger partial charge in [0.05, 0.1) is 12.4 Å². The Morgan fingerprint density at radius 3 is 2.88 bits per heavy atom. The molecule has 0 aromatic heterocycles. The number of aryl methyl sites for hydroxylation is 1. The van der Waals surface area contributed by atoms with Gasteiger partial charge in [0.2, 0.25) is 0 Å². The fraction of sp³-hybridized carbons (Fsp3) is 0.455. The van der Waals surface area contributed by atoms with E-state index in [2.05, 4.69) is 5.32 Å². The maximum Gasteiger partial charge on any atom is 0.108 e. The number of benzene rings is 1. The van der Waals surface area contributed by atoms with E-state index in [0.717, 1.165) is 11.3 Å². The minimum atomic E-state index is -0.803. The molecule has 4 atom stereocenters. The van der Waals surface area contributed by atoms with Gasteiger partial charge in [-0.25, -0.2) is 0 Å². The summed E-state index contributed by atoms with van der Waals surface area (Å²) < 4.78 is 5.23. The Kier molecular flexibility index (Phi) is 3.77. The molecule has 1 aromatic carbocycles. The van der Waals surface area contributed by atoms with Gasteiger partial charge in [0.15, 0.2) is 0 Å². The van der Waals surface area contributed by atoms with Crippen LogP contribution in [0.1, 0.15) is 5.56 Å². The van der Waals surface area contributed by atoms with Gasteiger partial charge in [-0.1, -0.05) is 18.2 Å². The third kappa shape index (κ3) is 2.53. The molecule has 1 saturated heterocycles. The van der Waals surface area contributed by atoms with Crippen LogP contribution in [-0.2, 0) is 4.52 Å². The summed E-state index contributed by atoms with van der Waals surface area (Å²) in [5, 5.41) is 22.5. The maximum atomic E-state index is 9.80. The molecule has 16 heavy (non-hydrogen) atoms. The standard InChI is InChI=1S/C11H16NO3P/c1-7-4-2-3-5-8(7)12-11-10(14)9(13)6-15-16-11/h2-5,9-14,16H,6H2,1H3. The minimum Gasteiger partial charge on any atom is -0.388 e. The van der Waals surface area contributed by atoms with Gasteiger partial charge < -0.3 is 20.1 Å². The predicted molar refractivity (Wildman–Crippen MR) is 64.9 cm³/mol. The second-order valence-corrected chi connectivity index (χ2v) is 5.07. The Morgan fingerprint density at radius 2 is 2.12 bits per heavy atom. The first-order valence-corrected chi connectivity index (χ1v) is 6.22. The van der Waals surface area contributed by atoms with E-state index in [1.54, 1.807) is 0 Å². The maximum absolute atomic E-state index is 9.80. The molecule has 0 amide bonds. The summed E-state index contributed by atoms with van der Waals surface area (Å²) in [6.45, 7) is 2.21. The lowest BCUT2D eigenvalue weighted by Crippen LogP contribution is -2.44. The lowest BCUT2D eigenvalue weighted by Gasteiger charge is -2.32. The van der Waals surface area contributed by atoms with Crippen molar-refractivity contribution in [3.05, 3.63) is 29.8 Å². The quantitative estimate of drug-likeness (QED) is 0.678. The van der Waals surface area contributed by atoms with Crippen molar-refractivity contribution in [3.63, 3.8) is 0 Å². The van der Waals surface area contributed by atoms with Crippen LogP contribution in [0.5, 0.6) is 0 Å². The highest BCUT2D eigenvalue weighted by Gasteiger charge is 2.31. The molecule has 1 fully saturated rings. The van der Waals surface area contributed by atoms with Gasteiger partial charge in [0.25, 0.3) is 0 Å². The first-order valence-electron chi connectivity index (χ1n) is 5.24. The third-order valence-electron chi connectivity index (χ3n) is 2.66. The molecule has 0 spiro atoms. The van der Waals surface area contributed by atoms with Crippen molar-refractivity contribution >= 4 is 14.5 Å². The third-order valence-corrected chi connectivity index (χ3v) is 3.73. The second kappa shape index (κ2) is 5.11. The molecule has 1 aliphatic heterocycles. The normalized spacial score (nSPS) is 31.6. The fourth-order valence-electron chi connectivity index (χ4n) is 1.63. The Labute approximate surface area is 96.5 Å². The van der Waals surface area contributed by atoms with Crippen molar-refractivity contribution in [3.8, 4) is 0 Å². The molecule has 0 radical (unpaired) electrons. The smallest absolute Gasteiger partial charge is 0.108 e. The van der Waals surface area contributed by atoms with Crippen LogP contribution in [0, 0.1) is 6.92 Å². The average molecular weight is 241 g/mol. The highest BCUT2D eigenvalue weighted by Crippen LogP contribution is 2.32. The van der Waals surface area contributed by atoms with Crippen LogP contribution in [0.4, 0.5) is 5.69 Å². The summed E-state index contributed by atoms with van der Waals surface area (Å²) in [6.07, 6.45) is -1.57. The Hall–Kier alpha value is -0.670. The van der Waals surface area contributed by atoms with Crippen molar-refractivity contribution in [2.24, 2.45) is 0 Å². The number of hydrogen-bond donors (Lipinski definition) is 3. The fourth-order valence-corrected chi connectivity index (χ4v) is 2.65. The van der Waals surface area contributed by atoms with Crippen molar-refractivity contribution in [1.29, 1.82) is 0 Å². The first-order chi connectivity index (χ1) is 7.68. The Balaban J connectivity index is 2.06. The lowest BCUT2D eigenvalue weighted by atomic mass is 10.1. The molecule has 0 bridgehead atoms. The van der Waals surface area contributed by atoms with Gasteiger partial charge in [0.1, 0.15) is 12.2 Å². The van der Waals surface area contributed by atoms with Crippen molar-refractivity contribution < 1.29 is 14.7 Å². The topological polar surface area (TPSA) is 61.7 Å². The molecule has 1 aliphatic rings. The first kappa shape index (κ1) is 11.8. The van der Waals surface area contributed by atoms with Crippen LogP contribution in [-0.4, -0.2) is 34.8 Å². The minimum absolute atomic E-state index is 0.160. The van der Waals surface area contributed by atoms with Gasteiger partial charge >= 0.3 is 0 Å². The van der Waals surface area contributed by atoms with Crippen molar-refractivity contribution in [2.45, 2.75) is 24.9 Å². The number of aliphatic hydroxyl groups is 2. The van der Waals surface area contributed by atoms with E-state index in [1.165, 1.54) is 0 Å². The molecule has 3 N–H and O–H groups in total. The molecule has 0 aliphatic carbocycles. The number of rotatable bonds is 2. The van der Waals surface area contributed by atoms with E-state index in [-0.39, 0.29) is 21.2 Å². The van der Waals surface area contributed by atoms with Crippen LogP contribution < -0.4 is 5.32 Å². The molecule has 2 rings (SSSR count). The van der Waals surface area contributed by atoms with E-state index in [0.29, 0.717) is 0 Å². The zero-order valence-corrected chi connectivity index (χ0v) is 10.1. The average Bonchev–Trinajstić information content (AvgIpc) is 2.28. The Morgan fingerprint density at radius 1 is 1.38 bits per heavy atom. The van der Waals surface area contributed by atoms with E-state index in [1.807, 2.05) is 31.2 Å². The van der Waals surface area contributed by atoms with Crippen LogP contribution in [0.2, 0.25) is 0 Å². The molecule has 0 saturated carbocycles. The lowest BCUT2D eigenvalue weighted by molar-refractivity contribution is -0.0166. The number of anilines is 1. The van der Waals surface area contributed by atoms with E-state index < -0.39 is 12.2 Å². The van der Waals surface area contributed by atoms with Crippen LogP contribution in [0.25, 0.3) is 0 Å². The van der Waals surface area contributed by atoms with Crippen molar-refractivity contribution in [1.82, 2.24) is 0 Å². The van der Waals surface area contributed by atoms with Gasteiger partial charge in [0, 0.05) is 14.5 Å². The summed E-state index contributed by atoms with van der Waals surface area (Å²) in [7, 11) is 0.160. The van der Waals surface area contributed by atoms with Gasteiger partial charge in [-0.2, -0.15) is 0 Å². The van der Waals surface area contributed by atoms with Gasteiger partial charge in [-0.3, -0.25) is 0 Å². The number of aliphatic hydroxyl groups excluding tert-OH is 2. The molecule has 4 unspecified atom stereocenters. The largest absolute Gasteiger partial charge is 0.388 e. The predicted octanol–water partition coefficient (Wildman–Crippen LogP) is 1.08. The molecule has 88 valence electrons. The summed E-state index contributed by atoms with van der Waals surface area (Å²) >= 11 is 0.